The molecule has 0 saturated carbocycles. The normalized spacial score (nSPS) is 10.8. The van der Waals surface area contributed by atoms with Crippen molar-refractivity contribution in [2.24, 2.45) is 0 Å². The number of hydrogen-bond acceptors (Lipinski definition) is 4. The molecule has 0 saturated heterocycles. The molecule has 1 amide bonds. The highest BCUT2D eigenvalue weighted by Crippen LogP contribution is 2.25. The molecular weight excluding hydrogens is 291 g/mol. The average molecular weight is 302 g/mol. The van der Waals surface area contributed by atoms with Crippen molar-refractivity contribution in [3.8, 4) is 0 Å². The number of nitrogens with one attached hydrogen (secondary N) is 1. The zero-order valence-corrected chi connectivity index (χ0v) is 11.7. The Bertz CT molecular complexity index is 799. The minimum atomic E-state index is -0.565. The molecule has 0 spiro atoms. The van der Waals surface area contributed by atoms with E-state index in [-0.39, 0.29) is 5.82 Å². The second kappa shape index (κ2) is 5.59. The van der Waals surface area contributed by atoms with Crippen molar-refractivity contribution in [3.63, 3.8) is 0 Å². The quantitative estimate of drug-likeness (QED) is 0.577. The first kappa shape index (κ1) is 13.7. The van der Waals surface area contributed by atoms with Crippen LogP contribution in [0.5, 0.6) is 0 Å². The minimum absolute atomic E-state index is 0.261. The molecule has 21 heavy (non-hydrogen) atoms. The number of rotatable bonds is 3. The molecule has 0 radical (unpaired) electrons. The van der Waals surface area contributed by atoms with Crippen LogP contribution in [0.1, 0.15) is 20.9 Å². The number of benzene rings is 2. The molecule has 1 heterocycles. The highest BCUT2D eigenvalue weighted by Gasteiger charge is 2.09. The van der Waals surface area contributed by atoms with Gasteiger partial charge >= 0.3 is 0 Å². The predicted molar refractivity (Wildman–Crippen MR) is 78.1 cm³/mol. The van der Waals surface area contributed by atoms with E-state index in [4.69, 9.17) is 5.21 Å². The number of amides is 1. The summed E-state index contributed by atoms with van der Waals surface area (Å²) in [6, 6.07) is 11.4. The van der Waals surface area contributed by atoms with Crippen LogP contribution in [0.4, 0.5) is 4.39 Å². The molecule has 4 nitrogen and oxygen atoms in total. The Balaban J connectivity index is 1.90. The van der Waals surface area contributed by atoms with Crippen molar-refractivity contribution >= 4 is 27.5 Å². The van der Waals surface area contributed by atoms with Crippen LogP contribution in [0.25, 0.3) is 10.2 Å². The SMILES string of the molecule is O=C(NO)c1ccc2sc(Cc3ccc(F)cc3)nc2c1. The van der Waals surface area contributed by atoms with Crippen LogP contribution in [0.15, 0.2) is 42.5 Å². The summed E-state index contributed by atoms with van der Waals surface area (Å²) in [5.74, 6) is -0.826. The molecule has 0 fully saturated rings. The molecule has 2 N–H and O–H groups in total. The van der Waals surface area contributed by atoms with Crippen molar-refractivity contribution in [3.05, 3.63) is 64.4 Å². The summed E-state index contributed by atoms with van der Waals surface area (Å²) < 4.78 is 13.8. The largest absolute Gasteiger partial charge is 0.288 e. The molecular formula is C15H11FN2O2S. The lowest BCUT2D eigenvalue weighted by Crippen LogP contribution is -2.18. The van der Waals surface area contributed by atoms with Crippen molar-refractivity contribution < 1.29 is 14.4 Å². The molecule has 0 bridgehead atoms. The van der Waals surface area contributed by atoms with Gasteiger partial charge in [0.15, 0.2) is 0 Å². The predicted octanol–water partition coefficient (Wildman–Crippen LogP) is 3.15. The molecule has 0 atom stereocenters. The van der Waals surface area contributed by atoms with Crippen molar-refractivity contribution in [2.45, 2.75) is 6.42 Å². The average Bonchev–Trinajstić information content (AvgIpc) is 2.90. The summed E-state index contributed by atoms with van der Waals surface area (Å²) >= 11 is 1.53. The number of halogens is 1. The van der Waals surface area contributed by atoms with Gasteiger partial charge < -0.3 is 0 Å². The fraction of sp³-hybridized carbons (Fsp3) is 0.0667. The molecule has 106 valence electrons. The molecule has 0 aliphatic rings. The van der Waals surface area contributed by atoms with Crippen molar-refractivity contribution in [1.82, 2.24) is 10.5 Å². The minimum Gasteiger partial charge on any atom is -0.288 e. The van der Waals surface area contributed by atoms with E-state index >= 15 is 0 Å². The van der Waals surface area contributed by atoms with Crippen LogP contribution in [-0.4, -0.2) is 16.1 Å². The van der Waals surface area contributed by atoms with E-state index in [1.54, 1.807) is 35.8 Å². The van der Waals surface area contributed by atoms with Gasteiger partial charge in [-0.3, -0.25) is 10.0 Å². The second-order valence-electron chi connectivity index (χ2n) is 4.53. The lowest BCUT2D eigenvalue weighted by Gasteiger charge is -1.97. The van der Waals surface area contributed by atoms with E-state index in [0.717, 1.165) is 15.3 Å². The monoisotopic (exact) mass is 302 g/mol. The zero-order chi connectivity index (χ0) is 14.8. The van der Waals surface area contributed by atoms with Gasteiger partial charge in [0.1, 0.15) is 5.82 Å². The van der Waals surface area contributed by atoms with Gasteiger partial charge in [0.05, 0.1) is 15.2 Å². The Morgan fingerprint density at radius 2 is 2.00 bits per heavy atom. The molecule has 6 heteroatoms. The van der Waals surface area contributed by atoms with Gasteiger partial charge in [-0.05, 0) is 35.9 Å². The highest BCUT2D eigenvalue weighted by atomic mass is 32.1. The van der Waals surface area contributed by atoms with Gasteiger partial charge in [-0.15, -0.1) is 11.3 Å². The van der Waals surface area contributed by atoms with E-state index in [1.165, 1.54) is 23.5 Å². The standard InChI is InChI=1S/C15H11FN2O2S/c16-11-4-1-9(2-5-11)7-14-17-12-8-10(15(19)18-20)3-6-13(12)21-14/h1-6,8,20H,7H2,(H,18,19). The molecule has 3 aromatic rings. The summed E-state index contributed by atoms with van der Waals surface area (Å²) in [6.07, 6.45) is 0.612. The van der Waals surface area contributed by atoms with E-state index in [0.29, 0.717) is 17.5 Å². The van der Waals surface area contributed by atoms with E-state index in [1.807, 2.05) is 0 Å². The lowest BCUT2D eigenvalue weighted by atomic mass is 10.1. The number of aromatic nitrogens is 1. The number of nitrogens with zero attached hydrogens (tertiary/aromatic N) is 1. The van der Waals surface area contributed by atoms with Crippen LogP contribution >= 0.6 is 11.3 Å². The summed E-state index contributed by atoms with van der Waals surface area (Å²) in [5, 5.41) is 9.52. The maximum atomic E-state index is 12.9. The summed E-state index contributed by atoms with van der Waals surface area (Å²) in [7, 11) is 0. The fourth-order valence-corrected chi connectivity index (χ4v) is 3.02. The van der Waals surface area contributed by atoms with Gasteiger partial charge in [-0.1, -0.05) is 12.1 Å². The molecule has 0 aliphatic carbocycles. The molecule has 0 unspecified atom stereocenters. The van der Waals surface area contributed by atoms with Crippen molar-refractivity contribution in [1.29, 1.82) is 0 Å². The molecule has 2 aromatic carbocycles. The third kappa shape index (κ3) is 2.91. The Hall–Kier alpha value is -2.31. The van der Waals surface area contributed by atoms with Crippen LogP contribution in [-0.2, 0) is 6.42 Å². The lowest BCUT2D eigenvalue weighted by molar-refractivity contribution is 0.0706. The maximum Gasteiger partial charge on any atom is 0.274 e. The Morgan fingerprint density at radius 3 is 2.71 bits per heavy atom. The number of hydroxylamine groups is 1. The Kier molecular flexibility index (Phi) is 3.64. The van der Waals surface area contributed by atoms with Crippen molar-refractivity contribution in [2.75, 3.05) is 0 Å². The number of hydrogen-bond donors (Lipinski definition) is 2. The number of fused-ring (bicyclic) bond motifs is 1. The van der Waals surface area contributed by atoms with Crippen LogP contribution < -0.4 is 5.48 Å². The molecule has 3 rings (SSSR count). The van der Waals surface area contributed by atoms with E-state index < -0.39 is 5.91 Å². The Labute approximate surface area is 123 Å². The molecule has 0 aliphatic heterocycles. The van der Waals surface area contributed by atoms with Gasteiger partial charge in [0.2, 0.25) is 0 Å². The van der Waals surface area contributed by atoms with Gasteiger partial charge in [0.25, 0.3) is 5.91 Å². The first-order chi connectivity index (χ1) is 10.2. The molecule has 1 aromatic heterocycles. The summed E-state index contributed by atoms with van der Waals surface area (Å²) in [5.41, 5.74) is 3.63. The number of carbonyl (C=O) groups excluding carboxylic acids is 1. The smallest absolute Gasteiger partial charge is 0.274 e. The third-order valence-corrected chi connectivity index (χ3v) is 4.10. The van der Waals surface area contributed by atoms with Gasteiger partial charge in [-0.25, -0.2) is 14.9 Å². The maximum absolute atomic E-state index is 12.9. The highest BCUT2D eigenvalue weighted by molar-refractivity contribution is 7.18. The first-order valence-corrected chi connectivity index (χ1v) is 7.06. The van der Waals surface area contributed by atoms with Gasteiger partial charge in [0, 0.05) is 12.0 Å². The number of carbonyl (C=O) groups is 1. The fourth-order valence-electron chi connectivity index (χ4n) is 2.03. The van der Waals surface area contributed by atoms with E-state index in [9.17, 15) is 9.18 Å². The van der Waals surface area contributed by atoms with Gasteiger partial charge in [-0.2, -0.15) is 0 Å². The Morgan fingerprint density at radius 1 is 1.24 bits per heavy atom. The summed E-state index contributed by atoms with van der Waals surface area (Å²) in [6.45, 7) is 0. The number of thiazole rings is 1. The van der Waals surface area contributed by atoms with Crippen LogP contribution in [0.3, 0.4) is 0 Å². The van der Waals surface area contributed by atoms with Crippen LogP contribution in [0.2, 0.25) is 0 Å². The first-order valence-electron chi connectivity index (χ1n) is 6.24. The third-order valence-electron chi connectivity index (χ3n) is 3.06. The topological polar surface area (TPSA) is 62.2 Å². The van der Waals surface area contributed by atoms with Crippen LogP contribution in [0, 0.1) is 5.82 Å². The summed E-state index contributed by atoms with van der Waals surface area (Å²) in [4.78, 5) is 15.8. The zero-order valence-electron chi connectivity index (χ0n) is 10.8. The van der Waals surface area contributed by atoms with E-state index in [2.05, 4.69) is 4.98 Å². The second-order valence-corrected chi connectivity index (χ2v) is 5.65.